The Balaban J connectivity index is 2.39. The van der Waals surface area contributed by atoms with Crippen LogP contribution in [0.1, 0.15) is 19.4 Å². The Kier molecular flexibility index (Phi) is 5.81. The molecule has 2 amide bonds. The summed E-state index contributed by atoms with van der Waals surface area (Å²) >= 11 is 0. The van der Waals surface area contributed by atoms with Crippen molar-refractivity contribution < 1.29 is 19.5 Å². The fourth-order valence-electron chi connectivity index (χ4n) is 1.32. The van der Waals surface area contributed by atoms with Crippen molar-refractivity contribution in [1.82, 2.24) is 10.4 Å². The van der Waals surface area contributed by atoms with Crippen molar-refractivity contribution in [2.75, 3.05) is 6.54 Å². The highest BCUT2D eigenvalue weighted by Gasteiger charge is 2.19. The fourth-order valence-corrected chi connectivity index (χ4v) is 1.32. The number of carbonyl (C=O) groups is 2. The number of benzene rings is 1. The van der Waals surface area contributed by atoms with Crippen molar-refractivity contribution >= 4 is 12.0 Å². The molecule has 104 valence electrons. The summed E-state index contributed by atoms with van der Waals surface area (Å²) in [6.07, 6.45) is 0. The Morgan fingerprint density at radius 1 is 1.37 bits per heavy atom. The van der Waals surface area contributed by atoms with E-state index in [0.717, 1.165) is 5.56 Å². The van der Waals surface area contributed by atoms with Crippen molar-refractivity contribution in [2.45, 2.75) is 26.5 Å². The van der Waals surface area contributed by atoms with E-state index < -0.39 is 18.0 Å². The number of esters is 1. The van der Waals surface area contributed by atoms with E-state index in [9.17, 15) is 9.59 Å². The molecular formula is C13H18N2O4. The van der Waals surface area contributed by atoms with Crippen LogP contribution in [0.2, 0.25) is 0 Å². The first-order valence-electron chi connectivity index (χ1n) is 6.02. The van der Waals surface area contributed by atoms with Gasteiger partial charge in [-0.15, -0.1) is 0 Å². The first kappa shape index (κ1) is 15.0. The third-order valence-electron chi connectivity index (χ3n) is 2.45. The monoisotopic (exact) mass is 266 g/mol. The first-order chi connectivity index (χ1) is 9.04. The third-order valence-corrected chi connectivity index (χ3v) is 2.45. The summed E-state index contributed by atoms with van der Waals surface area (Å²) in [5.41, 5.74) is 0.867. The lowest BCUT2D eigenvalue weighted by Crippen LogP contribution is -2.45. The van der Waals surface area contributed by atoms with Crippen LogP contribution in [0.3, 0.4) is 0 Å². The molecule has 0 fully saturated rings. The average Bonchev–Trinajstić information content (AvgIpc) is 2.44. The van der Waals surface area contributed by atoms with Crippen LogP contribution in [0.25, 0.3) is 0 Å². The van der Waals surface area contributed by atoms with Gasteiger partial charge in [-0.3, -0.25) is 5.21 Å². The lowest BCUT2D eigenvalue weighted by atomic mass is 10.2. The number of amides is 2. The number of ether oxygens (including phenoxy) is 1. The van der Waals surface area contributed by atoms with Gasteiger partial charge in [0, 0.05) is 6.54 Å². The molecule has 0 saturated carbocycles. The van der Waals surface area contributed by atoms with Gasteiger partial charge in [-0.25, -0.2) is 14.7 Å². The second-order valence-electron chi connectivity index (χ2n) is 3.98. The van der Waals surface area contributed by atoms with E-state index in [-0.39, 0.29) is 13.2 Å². The van der Waals surface area contributed by atoms with Crippen molar-refractivity contribution in [2.24, 2.45) is 0 Å². The Morgan fingerprint density at radius 3 is 2.58 bits per heavy atom. The molecule has 19 heavy (non-hydrogen) atoms. The predicted molar refractivity (Wildman–Crippen MR) is 68.4 cm³/mol. The largest absolute Gasteiger partial charge is 0.459 e. The smallest absolute Gasteiger partial charge is 0.341 e. The second-order valence-corrected chi connectivity index (χ2v) is 3.98. The van der Waals surface area contributed by atoms with E-state index in [1.54, 1.807) is 6.92 Å². The molecule has 0 spiro atoms. The normalized spacial score (nSPS) is 11.5. The number of hydrogen-bond acceptors (Lipinski definition) is 4. The summed E-state index contributed by atoms with van der Waals surface area (Å²) in [7, 11) is 0. The lowest BCUT2D eigenvalue weighted by molar-refractivity contribution is -0.147. The van der Waals surface area contributed by atoms with Gasteiger partial charge in [0.05, 0.1) is 0 Å². The van der Waals surface area contributed by atoms with Gasteiger partial charge >= 0.3 is 12.0 Å². The summed E-state index contributed by atoms with van der Waals surface area (Å²) in [6.45, 7) is 3.39. The molecule has 0 heterocycles. The zero-order valence-electron chi connectivity index (χ0n) is 11.0. The maximum atomic E-state index is 11.6. The summed E-state index contributed by atoms with van der Waals surface area (Å²) in [5.74, 6) is -0.554. The third kappa shape index (κ3) is 4.97. The standard InChI is InChI=1S/C13H18N2O4/c1-3-15(18)13(17)14-10(2)12(16)19-9-11-7-5-4-6-8-11/h4-8,10,18H,3,9H2,1-2H3,(H,14,17)/t10-/m0/s1. The molecule has 0 aliphatic rings. The SMILES string of the molecule is CCN(O)C(=O)N[C@@H](C)C(=O)OCc1ccccc1. The van der Waals surface area contributed by atoms with E-state index in [0.29, 0.717) is 5.06 Å². The van der Waals surface area contributed by atoms with E-state index in [2.05, 4.69) is 5.32 Å². The lowest BCUT2D eigenvalue weighted by Gasteiger charge is -2.17. The maximum Gasteiger partial charge on any atom is 0.341 e. The van der Waals surface area contributed by atoms with Crippen LogP contribution < -0.4 is 5.32 Å². The van der Waals surface area contributed by atoms with Gasteiger partial charge in [0.15, 0.2) is 0 Å². The van der Waals surface area contributed by atoms with Crippen LogP contribution in [-0.4, -0.2) is 34.9 Å². The van der Waals surface area contributed by atoms with Crippen LogP contribution in [-0.2, 0) is 16.1 Å². The molecule has 1 atom stereocenters. The summed E-state index contributed by atoms with van der Waals surface area (Å²) < 4.78 is 5.05. The molecule has 0 aliphatic heterocycles. The quantitative estimate of drug-likeness (QED) is 0.481. The molecule has 1 rings (SSSR count). The molecule has 0 aliphatic carbocycles. The molecule has 0 bridgehead atoms. The van der Waals surface area contributed by atoms with Crippen LogP contribution in [0.4, 0.5) is 4.79 Å². The van der Waals surface area contributed by atoms with Crippen molar-refractivity contribution in [1.29, 1.82) is 0 Å². The molecule has 1 aromatic carbocycles. The average molecular weight is 266 g/mol. The zero-order valence-corrected chi connectivity index (χ0v) is 11.0. The topological polar surface area (TPSA) is 78.9 Å². The molecule has 0 saturated heterocycles. The van der Waals surface area contributed by atoms with Crippen molar-refractivity contribution in [3.8, 4) is 0 Å². The van der Waals surface area contributed by atoms with Gasteiger partial charge in [-0.2, -0.15) is 0 Å². The summed E-state index contributed by atoms with van der Waals surface area (Å²) in [6, 6.07) is 7.68. The zero-order chi connectivity index (χ0) is 14.3. The maximum absolute atomic E-state index is 11.6. The number of rotatable bonds is 5. The van der Waals surface area contributed by atoms with Gasteiger partial charge < -0.3 is 10.1 Å². The Hall–Kier alpha value is -2.08. The van der Waals surface area contributed by atoms with Crippen LogP contribution in [0.5, 0.6) is 0 Å². The number of urea groups is 1. The molecule has 2 N–H and O–H groups in total. The molecule has 0 radical (unpaired) electrons. The molecule has 6 nitrogen and oxygen atoms in total. The summed E-state index contributed by atoms with van der Waals surface area (Å²) in [4.78, 5) is 22.9. The molecule has 0 unspecified atom stereocenters. The van der Waals surface area contributed by atoms with Crippen LogP contribution in [0, 0.1) is 0 Å². The number of carbonyl (C=O) groups excluding carboxylic acids is 2. The van der Waals surface area contributed by atoms with Crippen molar-refractivity contribution in [3.63, 3.8) is 0 Å². The number of hydroxylamine groups is 2. The van der Waals surface area contributed by atoms with Crippen molar-refractivity contribution in [3.05, 3.63) is 35.9 Å². The van der Waals surface area contributed by atoms with Gasteiger partial charge in [0.1, 0.15) is 12.6 Å². The van der Waals surface area contributed by atoms with Crippen LogP contribution >= 0.6 is 0 Å². The minimum atomic E-state index is -0.822. The van der Waals surface area contributed by atoms with E-state index in [1.807, 2.05) is 30.3 Å². The Labute approximate surface area is 111 Å². The number of nitrogens with one attached hydrogen (secondary N) is 1. The van der Waals surface area contributed by atoms with Gasteiger partial charge in [0.2, 0.25) is 0 Å². The number of hydrogen-bond donors (Lipinski definition) is 2. The highest BCUT2D eigenvalue weighted by Crippen LogP contribution is 2.02. The Morgan fingerprint density at radius 2 is 2.00 bits per heavy atom. The summed E-state index contributed by atoms with van der Waals surface area (Å²) in [5, 5.41) is 12.0. The van der Waals surface area contributed by atoms with Gasteiger partial charge in [0.25, 0.3) is 0 Å². The molecule has 1 aromatic rings. The minimum absolute atomic E-state index is 0.137. The highest BCUT2D eigenvalue weighted by atomic mass is 16.5. The van der Waals surface area contributed by atoms with Gasteiger partial charge in [-0.05, 0) is 19.4 Å². The van der Waals surface area contributed by atoms with Gasteiger partial charge in [-0.1, -0.05) is 30.3 Å². The minimum Gasteiger partial charge on any atom is -0.459 e. The fraction of sp³-hybridized carbons (Fsp3) is 0.385. The molecule has 6 heteroatoms. The first-order valence-corrected chi connectivity index (χ1v) is 6.02. The van der Waals surface area contributed by atoms with E-state index >= 15 is 0 Å². The molecular weight excluding hydrogens is 248 g/mol. The van der Waals surface area contributed by atoms with Crippen LogP contribution in [0.15, 0.2) is 30.3 Å². The predicted octanol–water partition coefficient (Wildman–Crippen LogP) is 1.54. The highest BCUT2D eigenvalue weighted by molar-refractivity contribution is 5.82. The van der Waals surface area contributed by atoms with E-state index in [1.165, 1.54) is 6.92 Å². The Bertz CT molecular complexity index is 422. The number of nitrogens with zero attached hydrogens (tertiary/aromatic N) is 1. The second kappa shape index (κ2) is 7.38. The molecule has 0 aromatic heterocycles. The van der Waals surface area contributed by atoms with E-state index in [4.69, 9.17) is 9.94 Å².